The van der Waals surface area contributed by atoms with Gasteiger partial charge < -0.3 is 9.80 Å². The van der Waals surface area contributed by atoms with Gasteiger partial charge in [0.1, 0.15) is 0 Å². The van der Waals surface area contributed by atoms with Crippen LogP contribution in [0.1, 0.15) is 200 Å². The van der Waals surface area contributed by atoms with Crippen molar-refractivity contribution in [3.05, 3.63) is 148 Å². The molecule has 5 aliphatic rings. The van der Waals surface area contributed by atoms with Crippen molar-refractivity contribution in [3.63, 3.8) is 0 Å². The molecular formula is C68H79BN2S. The SMILES string of the molecule is CC(C)(C)c1ccc(N2c3cc(C4CCCCC4)cc4c3B(c3cc5c(cc3N4c3ccc(C(C)(C)C)cc3-c3ccccc3)C(C)(C)CCC5(C)C)c3sc4cc5c(cc4c32)C(C)(C)CCC5(C)C)cc1. The van der Waals surface area contributed by atoms with Gasteiger partial charge in [-0.25, -0.2) is 0 Å². The van der Waals surface area contributed by atoms with Gasteiger partial charge in [0.05, 0.1) is 11.4 Å². The molecule has 72 heavy (non-hydrogen) atoms. The van der Waals surface area contributed by atoms with Crippen LogP contribution in [-0.4, -0.2) is 6.71 Å². The summed E-state index contributed by atoms with van der Waals surface area (Å²) < 4.78 is 2.91. The first-order valence-corrected chi connectivity index (χ1v) is 28.6. The molecule has 0 atom stereocenters. The normalized spacial score (nSPS) is 19.6. The van der Waals surface area contributed by atoms with Crippen LogP contribution in [0.25, 0.3) is 21.2 Å². The lowest BCUT2D eigenvalue weighted by Gasteiger charge is -2.47. The Kier molecular flexibility index (Phi) is 10.8. The van der Waals surface area contributed by atoms with Crippen molar-refractivity contribution in [2.24, 2.45) is 0 Å². The average Bonchev–Trinajstić information content (AvgIpc) is 3.72. The van der Waals surface area contributed by atoms with Gasteiger partial charge in [0, 0.05) is 43.2 Å². The highest BCUT2D eigenvalue weighted by molar-refractivity contribution is 7.33. The summed E-state index contributed by atoms with van der Waals surface area (Å²) in [5.41, 5.74) is 24.2. The quantitative estimate of drug-likeness (QED) is 0.162. The molecule has 7 aromatic rings. The molecule has 370 valence electrons. The molecule has 4 heteroatoms. The van der Waals surface area contributed by atoms with Crippen molar-refractivity contribution in [2.45, 2.75) is 193 Å². The number of hydrogen-bond donors (Lipinski definition) is 0. The molecule has 1 aromatic heterocycles. The average molecular weight is 967 g/mol. The maximum Gasteiger partial charge on any atom is 0.264 e. The standard InChI is InChI=1S/C68H79BN2S/c1-63(2,3)45-25-28-47(29-26-45)70-57-35-44(42-21-17-15-18-22-42)36-58-60(57)69(62-61(70)49-38-50-53(41-59(49)72-62)68(13,14)34-31-65(50,7)8)54-39-51-52(67(11,12)33-32-66(51,9)10)40-56(54)71(58)55-30-27-46(64(4,5)6)37-48(55)43-23-19-16-20-24-43/h16,19-20,23-30,35-42H,15,17-18,21-22,31-34H2,1-14H3. The van der Waals surface area contributed by atoms with Gasteiger partial charge in [-0.1, -0.05) is 171 Å². The predicted octanol–water partition coefficient (Wildman–Crippen LogP) is 18.0. The van der Waals surface area contributed by atoms with Crippen LogP contribution in [0.4, 0.5) is 34.1 Å². The fourth-order valence-electron chi connectivity index (χ4n) is 14.0. The fraction of sp³-hybridized carbons (Fsp3) is 0.441. The molecule has 3 heterocycles. The minimum Gasteiger partial charge on any atom is -0.311 e. The first-order chi connectivity index (χ1) is 33.9. The summed E-state index contributed by atoms with van der Waals surface area (Å²) in [7, 11) is 0. The second-order valence-electron chi connectivity index (χ2n) is 27.8. The Bertz CT molecular complexity index is 3310. The lowest BCUT2D eigenvalue weighted by molar-refractivity contribution is 0.332. The number of thiophene rings is 1. The Morgan fingerprint density at radius 2 is 1.06 bits per heavy atom. The minimum atomic E-state index is -0.00797. The zero-order valence-corrected chi connectivity index (χ0v) is 47.0. The van der Waals surface area contributed by atoms with E-state index in [-0.39, 0.29) is 39.2 Å². The van der Waals surface area contributed by atoms with Gasteiger partial charge in [0.25, 0.3) is 6.71 Å². The number of benzene rings is 6. The molecule has 12 rings (SSSR count). The summed E-state index contributed by atoms with van der Waals surface area (Å²) in [6, 6.07) is 44.7. The molecule has 1 saturated carbocycles. The Hall–Kier alpha value is -5.06. The molecule has 6 aromatic carbocycles. The molecule has 0 amide bonds. The monoisotopic (exact) mass is 967 g/mol. The highest BCUT2D eigenvalue weighted by Gasteiger charge is 2.49. The molecule has 0 N–H and O–H groups in total. The van der Waals surface area contributed by atoms with Crippen LogP contribution < -0.4 is 25.5 Å². The molecule has 0 bridgehead atoms. The van der Waals surface area contributed by atoms with Gasteiger partial charge in [-0.15, -0.1) is 11.3 Å². The summed E-state index contributed by atoms with van der Waals surface area (Å²) in [6.07, 6.45) is 11.2. The van der Waals surface area contributed by atoms with Crippen LogP contribution in [0.15, 0.2) is 109 Å². The molecule has 0 spiro atoms. The lowest BCUT2D eigenvalue weighted by Crippen LogP contribution is -2.61. The largest absolute Gasteiger partial charge is 0.311 e. The third kappa shape index (κ3) is 7.52. The number of rotatable bonds is 4. The molecule has 1 fully saturated rings. The van der Waals surface area contributed by atoms with Crippen molar-refractivity contribution in [2.75, 3.05) is 9.80 Å². The van der Waals surface area contributed by atoms with Crippen LogP contribution in [0.5, 0.6) is 0 Å². The van der Waals surface area contributed by atoms with E-state index in [2.05, 4.69) is 227 Å². The Morgan fingerprint density at radius 1 is 0.514 bits per heavy atom. The van der Waals surface area contributed by atoms with E-state index >= 15 is 0 Å². The number of fused-ring (bicyclic) bond motifs is 8. The summed E-state index contributed by atoms with van der Waals surface area (Å²) in [5, 5.41) is 1.42. The van der Waals surface area contributed by atoms with Crippen molar-refractivity contribution in [3.8, 4) is 11.1 Å². The fourth-order valence-corrected chi connectivity index (χ4v) is 15.3. The molecule has 0 unspecified atom stereocenters. The highest BCUT2D eigenvalue weighted by atomic mass is 32.1. The van der Waals surface area contributed by atoms with Gasteiger partial charge >= 0.3 is 0 Å². The summed E-state index contributed by atoms with van der Waals surface area (Å²) in [4.78, 5) is 5.55. The third-order valence-electron chi connectivity index (χ3n) is 18.9. The number of nitrogens with zero attached hydrogens (tertiary/aromatic N) is 2. The van der Waals surface area contributed by atoms with E-state index in [1.807, 2.05) is 0 Å². The summed E-state index contributed by atoms with van der Waals surface area (Å²) in [5.74, 6) is 0.517. The Balaban J connectivity index is 1.25. The van der Waals surface area contributed by atoms with E-state index in [0.29, 0.717) is 5.92 Å². The topological polar surface area (TPSA) is 6.48 Å². The number of hydrogen-bond acceptors (Lipinski definition) is 3. The zero-order chi connectivity index (χ0) is 50.7. The molecular weight excluding hydrogens is 888 g/mol. The van der Waals surface area contributed by atoms with Crippen molar-refractivity contribution < 1.29 is 0 Å². The number of anilines is 6. The van der Waals surface area contributed by atoms with Gasteiger partial charge in [0.15, 0.2) is 0 Å². The molecule has 0 radical (unpaired) electrons. The van der Waals surface area contributed by atoms with Crippen molar-refractivity contribution in [1.29, 1.82) is 0 Å². The smallest absolute Gasteiger partial charge is 0.264 e. The first-order valence-electron chi connectivity index (χ1n) is 27.8. The highest BCUT2D eigenvalue weighted by Crippen LogP contribution is 2.56. The Labute approximate surface area is 437 Å². The van der Waals surface area contributed by atoms with E-state index in [0.717, 1.165) is 0 Å². The summed E-state index contributed by atoms with van der Waals surface area (Å²) >= 11 is 2.09. The first kappa shape index (κ1) is 47.9. The predicted molar refractivity (Wildman–Crippen MR) is 315 cm³/mol. The Morgan fingerprint density at radius 3 is 1.65 bits per heavy atom. The second kappa shape index (κ2) is 16.2. The van der Waals surface area contributed by atoms with Crippen molar-refractivity contribution in [1.82, 2.24) is 0 Å². The van der Waals surface area contributed by atoms with Crippen LogP contribution in [0, 0.1) is 0 Å². The third-order valence-corrected chi connectivity index (χ3v) is 20.1. The van der Waals surface area contributed by atoms with E-state index in [1.165, 1.54) is 162 Å². The van der Waals surface area contributed by atoms with E-state index in [9.17, 15) is 0 Å². The molecule has 0 saturated heterocycles. The van der Waals surface area contributed by atoms with Gasteiger partial charge in [-0.3, -0.25) is 0 Å². The van der Waals surface area contributed by atoms with Gasteiger partial charge in [-0.2, -0.15) is 0 Å². The van der Waals surface area contributed by atoms with E-state index < -0.39 is 0 Å². The minimum absolute atomic E-state index is 0.00797. The van der Waals surface area contributed by atoms with Crippen LogP contribution >= 0.6 is 11.3 Å². The zero-order valence-electron chi connectivity index (χ0n) is 46.2. The molecule has 2 nitrogen and oxygen atoms in total. The van der Waals surface area contributed by atoms with Gasteiger partial charge in [0.2, 0.25) is 0 Å². The van der Waals surface area contributed by atoms with Crippen LogP contribution in [0.3, 0.4) is 0 Å². The van der Waals surface area contributed by atoms with E-state index in [4.69, 9.17) is 0 Å². The van der Waals surface area contributed by atoms with Crippen molar-refractivity contribution >= 4 is 78.0 Å². The maximum atomic E-state index is 2.78. The molecule has 2 aliphatic heterocycles. The maximum absolute atomic E-state index is 2.78. The van der Waals surface area contributed by atoms with Crippen LogP contribution in [0.2, 0.25) is 0 Å². The van der Waals surface area contributed by atoms with Gasteiger partial charge in [-0.05, 0) is 187 Å². The van der Waals surface area contributed by atoms with Crippen LogP contribution in [-0.2, 0) is 32.5 Å². The summed E-state index contributed by atoms with van der Waals surface area (Å²) in [6.45, 7) is 34.3. The lowest BCUT2D eigenvalue weighted by atomic mass is 9.35. The van der Waals surface area contributed by atoms with E-state index in [1.54, 1.807) is 5.56 Å². The molecule has 3 aliphatic carbocycles. The second-order valence-corrected chi connectivity index (χ2v) is 28.8.